The molecule has 0 aliphatic carbocycles. The molecule has 6 nitrogen and oxygen atoms in total. The summed E-state index contributed by atoms with van der Waals surface area (Å²) in [5, 5.41) is 10.7. The van der Waals surface area contributed by atoms with E-state index in [4.69, 9.17) is 10.5 Å². The molecule has 0 aromatic heterocycles. The van der Waals surface area contributed by atoms with Crippen molar-refractivity contribution in [3.8, 4) is 0 Å². The van der Waals surface area contributed by atoms with Crippen LogP contribution in [0, 0.1) is 5.82 Å². The smallest absolute Gasteiger partial charge is 0.410 e. The number of anilines is 1. The Labute approximate surface area is 146 Å². The highest BCUT2D eigenvalue weighted by Crippen LogP contribution is 2.29. The maximum absolute atomic E-state index is 13.3. The number of likely N-dealkylation sites (tertiary alicyclic amines) is 1. The van der Waals surface area contributed by atoms with Crippen molar-refractivity contribution in [2.24, 2.45) is 0 Å². The largest absolute Gasteiger partial charge is 0.444 e. The van der Waals surface area contributed by atoms with Gasteiger partial charge in [-0.15, -0.1) is 0 Å². The lowest BCUT2D eigenvalue weighted by Gasteiger charge is -2.38. The quantitative estimate of drug-likeness (QED) is 0.644. The van der Waals surface area contributed by atoms with E-state index in [1.54, 1.807) is 20.8 Å². The predicted octanol–water partition coefficient (Wildman–Crippen LogP) is 2.74. The van der Waals surface area contributed by atoms with Gasteiger partial charge in [0.2, 0.25) is 0 Å². The van der Waals surface area contributed by atoms with E-state index in [2.05, 4.69) is 0 Å². The van der Waals surface area contributed by atoms with Gasteiger partial charge in [-0.05, 0) is 51.8 Å². The van der Waals surface area contributed by atoms with Gasteiger partial charge in [0, 0.05) is 30.8 Å². The highest BCUT2D eigenvalue weighted by atomic mass is 19.1. The summed E-state index contributed by atoms with van der Waals surface area (Å²) >= 11 is 0. The third kappa shape index (κ3) is 5.16. The number of amides is 1. The number of hydrogen-bond acceptors (Lipinski definition) is 5. The van der Waals surface area contributed by atoms with Gasteiger partial charge < -0.3 is 20.5 Å². The van der Waals surface area contributed by atoms with Crippen LogP contribution < -0.4 is 5.73 Å². The SMILES string of the molecule is CC(C)(C)OC(=O)N1CCC(O)(CC(=O)c2cc(F)ccc2N)CC1. The molecule has 0 atom stereocenters. The van der Waals surface area contributed by atoms with E-state index < -0.39 is 28.9 Å². The van der Waals surface area contributed by atoms with Crippen LogP contribution in [-0.2, 0) is 4.74 Å². The van der Waals surface area contributed by atoms with Crippen LogP contribution in [0.4, 0.5) is 14.9 Å². The number of carbonyl (C=O) groups excluding carboxylic acids is 2. The zero-order valence-electron chi connectivity index (χ0n) is 14.8. The molecular weight excluding hydrogens is 327 g/mol. The van der Waals surface area contributed by atoms with Gasteiger partial charge in [0.1, 0.15) is 11.4 Å². The van der Waals surface area contributed by atoms with E-state index in [0.29, 0.717) is 0 Å². The lowest BCUT2D eigenvalue weighted by Crippen LogP contribution is -2.48. The second-order valence-corrected chi connectivity index (χ2v) is 7.52. The molecule has 1 amide bonds. The number of nitrogen functional groups attached to an aromatic ring is 1. The number of rotatable bonds is 3. The molecule has 1 heterocycles. The van der Waals surface area contributed by atoms with Crippen LogP contribution in [0.3, 0.4) is 0 Å². The van der Waals surface area contributed by atoms with Crippen molar-refractivity contribution in [1.29, 1.82) is 0 Å². The maximum Gasteiger partial charge on any atom is 0.410 e. The van der Waals surface area contributed by atoms with Gasteiger partial charge in [-0.25, -0.2) is 9.18 Å². The molecule has 1 aromatic rings. The summed E-state index contributed by atoms with van der Waals surface area (Å²) < 4.78 is 18.6. The number of ether oxygens (including phenoxy) is 1. The third-order valence-electron chi connectivity index (χ3n) is 4.15. The van der Waals surface area contributed by atoms with Crippen LogP contribution >= 0.6 is 0 Å². The summed E-state index contributed by atoms with van der Waals surface area (Å²) in [6.07, 6.45) is -0.112. The van der Waals surface area contributed by atoms with Crippen LogP contribution in [0.2, 0.25) is 0 Å². The van der Waals surface area contributed by atoms with E-state index in [1.807, 2.05) is 0 Å². The van der Waals surface area contributed by atoms with E-state index in [-0.39, 0.29) is 43.6 Å². The average molecular weight is 352 g/mol. The Kier molecular flexibility index (Phi) is 5.37. The number of nitrogens with zero attached hydrogens (tertiary/aromatic N) is 1. The Hall–Kier alpha value is -2.15. The summed E-state index contributed by atoms with van der Waals surface area (Å²) in [6, 6.07) is 3.59. The Morgan fingerprint density at radius 2 is 1.92 bits per heavy atom. The van der Waals surface area contributed by atoms with Gasteiger partial charge in [0.05, 0.1) is 5.60 Å². The number of Topliss-reactive ketones (excluding diaryl/α,β-unsaturated/α-hetero) is 1. The van der Waals surface area contributed by atoms with Crippen LogP contribution in [-0.4, -0.2) is 46.2 Å². The van der Waals surface area contributed by atoms with Crippen molar-refractivity contribution in [3.05, 3.63) is 29.6 Å². The molecule has 0 radical (unpaired) electrons. The van der Waals surface area contributed by atoms with Crippen molar-refractivity contribution in [3.63, 3.8) is 0 Å². The number of nitrogens with two attached hydrogens (primary N) is 1. The van der Waals surface area contributed by atoms with E-state index in [1.165, 1.54) is 17.0 Å². The zero-order chi connectivity index (χ0) is 18.8. The number of benzene rings is 1. The minimum atomic E-state index is -1.24. The third-order valence-corrected chi connectivity index (χ3v) is 4.15. The molecule has 1 aliphatic rings. The van der Waals surface area contributed by atoms with Crippen LogP contribution in [0.25, 0.3) is 0 Å². The molecule has 1 saturated heterocycles. The minimum Gasteiger partial charge on any atom is -0.444 e. The van der Waals surface area contributed by atoms with Gasteiger partial charge in [0.25, 0.3) is 0 Å². The second-order valence-electron chi connectivity index (χ2n) is 7.52. The fourth-order valence-electron chi connectivity index (χ4n) is 2.77. The normalized spacial score (nSPS) is 17.2. The van der Waals surface area contributed by atoms with Crippen LogP contribution in [0.5, 0.6) is 0 Å². The number of carbonyl (C=O) groups is 2. The van der Waals surface area contributed by atoms with Crippen molar-refractivity contribution in [1.82, 2.24) is 4.90 Å². The molecular formula is C18H25FN2O4. The first-order valence-electron chi connectivity index (χ1n) is 8.28. The molecule has 1 aliphatic heterocycles. The van der Waals surface area contributed by atoms with E-state index >= 15 is 0 Å². The molecule has 0 saturated carbocycles. The lowest BCUT2D eigenvalue weighted by atomic mass is 9.85. The summed E-state index contributed by atoms with van der Waals surface area (Å²) in [5.41, 5.74) is 4.15. The van der Waals surface area contributed by atoms with E-state index in [9.17, 15) is 19.1 Å². The summed E-state index contributed by atoms with van der Waals surface area (Å²) in [6.45, 7) is 5.93. The molecule has 7 heteroatoms. The standard InChI is InChI=1S/C18H25FN2O4/c1-17(2,3)25-16(23)21-8-6-18(24,7-9-21)11-15(22)13-10-12(19)4-5-14(13)20/h4-5,10,24H,6-9,11,20H2,1-3H3. The summed E-state index contributed by atoms with van der Waals surface area (Å²) in [7, 11) is 0. The molecule has 0 bridgehead atoms. The molecule has 0 spiro atoms. The number of ketones is 1. The molecule has 1 fully saturated rings. The van der Waals surface area contributed by atoms with Crippen LogP contribution in [0.15, 0.2) is 18.2 Å². The van der Waals surface area contributed by atoms with Crippen molar-refractivity contribution in [2.75, 3.05) is 18.8 Å². The Balaban J connectivity index is 1.97. The highest BCUT2D eigenvalue weighted by Gasteiger charge is 2.37. The minimum absolute atomic E-state index is 0.0722. The van der Waals surface area contributed by atoms with Crippen molar-refractivity contribution >= 4 is 17.6 Å². The van der Waals surface area contributed by atoms with Crippen molar-refractivity contribution < 1.29 is 23.8 Å². The van der Waals surface area contributed by atoms with Crippen LogP contribution in [0.1, 0.15) is 50.4 Å². The molecule has 25 heavy (non-hydrogen) atoms. The van der Waals surface area contributed by atoms with Gasteiger partial charge in [-0.2, -0.15) is 0 Å². The fraction of sp³-hybridized carbons (Fsp3) is 0.556. The molecule has 138 valence electrons. The first-order valence-corrected chi connectivity index (χ1v) is 8.28. The number of piperidine rings is 1. The first-order chi connectivity index (χ1) is 11.5. The van der Waals surface area contributed by atoms with Gasteiger partial charge >= 0.3 is 6.09 Å². The number of halogens is 1. The van der Waals surface area contributed by atoms with Gasteiger partial charge in [-0.1, -0.05) is 0 Å². The molecule has 1 aromatic carbocycles. The molecule has 3 N–H and O–H groups in total. The summed E-state index contributed by atoms with van der Waals surface area (Å²) in [5.74, 6) is -0.963. The van der Waals surface area contributed by atoms with Gasteiger partial charge in [0.15, 0.2) is 5.78 Å². The summed E-state index contributed by atoms with van der Waals surface area (Å²) in [4.78, 5) is 25.9. The lowest BCUT2D eigenvalue weighted by molar-refractivity contribution is -0.0321. The highest BCUT2D eigenvalue weighted by molar-refractivity contribution is 6.01. The Morgan fingerprint density at radius 3 is 2.48 bits per heavy atom. The topological polar surface area (TPSA) is 92.9 Å². The Bertz CT molecular complexity index is 662. The maximum atomic E-state index is 13.3. The Morgan fingerprint density at radius 1 is 1.32 bits per heavy atom. The second kappa shape index (κ2) is 7.00. The van der Waals surface area contributed by atoms with Crippen molar-refractivity contribution in [2.45, 2.75) is 51.2 Å². The number of hydrogen-bond donors (Lipinski definition) is 2. The number of aliphatic hydroxyl groups is 1. The van der Waals surface area contributed by atoms with Gasteiger partial charge in [-0.3, -0.25) is 4.79 Å². The molecule has 0 unspecified atom stereocenters. The fourth-order valence-corrected chi connectivity index (χ4v) is 2.77. The average Bonchev–Trinajstić information content (AvgIpc) is 2.48. The zero-order valence-corrected chi connectivity index (χ0v) is 14.8. The first kappa shape index (κ1) is 19.2. The van der Waals surface area contributed by atoms with E-state index in [0.717, 1.165) is 6.07 Å². The molecule has 2 rings (SSSR count). The predicted molar refractivity (Wildman–Crippen MR) is 91.8 cm³/mol. The monoisotopic (exact) mass is 352 g/mol.